The third-order valence-corrected chi connectivity index (χ3v) is 17.6. The minimum Gasteiger partial charge on any atom is -0.466 e. The zero-order chi connectivity index (χ0) is 60.6. The summed E-state index contributed by atoms with van der Waals surface area (Å²) in [5.41, 5.74) is 0. The summed E-state index contributed by atoms with van der Waals surface area (Å²) in [6.45, 7) is 4.91. The van der Waals surface area contributed by atoms with Crippen LogP contribution in [-0.4, -0.2) is 47.4 Å². The van der Waals surface area contributed by atoms with Crippen LogP contribution in [0.1, 0.15) is 412 Å². The van der Waals surface area contributed by atoms with E-state index >= 15 is 0 Å². The Labute approximate surface area is 525 Å². The number of amides is 1. The van der Waals surface area contributed by atoms with Gasteiger partial charge in [-0.3, -0.25) is 9.59 Å². The second kappa shape index (κ2) is 73.3. The van der Waals surface area contributed by atoms with Gasteiger partial charge in [-0.05, 0) is 89.9 Å². The molecule has 3 N–H and O–H groups in total. The van der Waals surface area contributed by atoms with Gasteiger partial charge in [0.25, 0.3) is 0 Å². The van der Waals surface area contributed by atoms with Crippen LogP contribution in [0, 0.1) is 0 Å². The molecule has 0 saturated carbocycles. The monoisotopic (exact) mass is 1180 g/mol. The van der Waals surface area contributed by atoms with Gasteiger partial charge in [-0.1, -0.05) is 358 Å². The highest BCUT2D eigenvalue weighted by Crippen LogP contribution is 2.19. The van der Waals surface area contributed by atoms with Crippen molar-refractivity contribution in [2.24, 2.45) is 0 Å². The third-order valence-electron chi connectivity index (χ3n) is 17.6. The maximum Gasteiger partial charge on any atom is 0.305 e. The SMILES string of the molecule is CCCCC/C=C\C/C=C\CCCCCCCCCCCC(=O)OCCCCCCCCCCCCCC/C=C\CCCCCCCCCCCCCC(=O)NC(CO)C(O)/C=C/CCCCCCCCCCCCCCCCCCCCC. The first-order valence-electron chi connectivity index (χ1n) is 37.9. The van der Waals surface area contributed by atoms with E-state index in [1.165, 1.54) is 334 Å². The van der Waals surface area contributed by atoms with E-state index < -0.39 is 12.1 Å². The molecule has 1 amide bonds. The second-order valence-electron chi connectivity index (χ2n) is 26.0. The summed E-state index contributed by atoms with van der Waals surface area (Å²) in [5.74, 6) is -0.0538. The van der Waals surface area contributed by atoms with E-state index in [2.05, 4.69) is 55.6 Å². The molecule has 0 aromatic carbocycles. The number of unbranched alkanes of at least 4 members (excludes halogenated alkanes) is 54. The Morgan fingerprint density at radius 2 is 0.595 bits per heavy atom. The van der Waals surface area contributed by atoms with Gasteiger partial charge in [0.1, 0.15) is 0 Å². The van der Waals surface area contributed by atoms with E-state index in [4.69, 9.17) is 4.74 Å². The van der Waals surface area contributed by atoms with Crippen LogP contribution in [0.4, 0.5) is 0 Å². The highest BCUT2D eigenvalue weighted by Gasteiger charge is 2.18. The molecule has 0 heterocycles. The summed E-state index contributed by atoms with van der Waals surface area (Å²) >= 11 is 0. The molecular formula is C78H147NO5. The lowest BCUT2D eigenvalue weighted by Crippen LogP contribution is -2.45. The largest absolute Gasteiger partial charge is 0.466 e. The predicted molar refractivity (Wildman–Crippen MR) is 370 cm³/mol. The van der Waals surface area contributed by atoms with Gasteiger partial charge in [0.15, 0.2) is 0 Å². The summed E-state index contributed by atoms with van der Waals surface area (Å²) in [7, 11) is 0. The van der Waals surface area contributed by atoms with Crippen molar-refractivity contribution in [2.75, 3.05) is 13.2 Å². The quantitative estimate of drug-likeness (QED) is 0.0320. The van der Waals surface area contributed by atoms with E-state index in [0.717, 1.165) is 51.4 Å². The smallest absolute Gasteiger partial charge is 0.305 e. The summed E-state index contributed by atoms with van der Waals surface area (Å²) in [4.78, 5) is 24.7. The lowest BCUT2D eigenvalue weighted by Gasteiger charge is -2.20. The molecule has 0 bridgehead atoms. The fraction of sp³-hybridized carbons (Fsp3) is 0.872. The normalized spacial score (nSPS) is 12.8. The number of aliphatic hydroxyl groups is 2. The summed E-state index contributed by atoms with van der Waals surface area (Å²) < 4.78 is 5.51. The third kappa shape index (κ3) is 68.9. The maximum absolute atomic E-state index is 12.5. The van der Waals surface area contributed by atoms with Gasteiger partial charge >= 0.3 is 5.97 Å². The number of allylic oxidation sites excluding steroid dienone is 7. The van der Waals surface area contributed by atoms with Gasteiger partial charge in [-0.25, -0.2) is 0 Å². The number of hydrogen-bond donors (Lipinski definition) is 3. The zero-order valence-electron chi connectivity index (χ0n) is 56.6. The van der Waals surface area contributed by atoms with Crippen LogP contribution >= 0.6 is 0 Å². The number of carbonyl (C=O) groups is 2. The topological polar surface area (TPSA) is 95.9 Å². The van der Waals surface area contributed by atoms with Crippen LogP contribution < -0.4 is 5.32 Å². The van der Waals surface area contributed by atoms with Crippen LogP contribution in [0.3, 0.4) is 0 Å². The maximum atomic E-state index is 12.5. The molecule has 0 aliphatic heterocycles. The highest BCUT2D eigenvalue weighted by atomic mass is 16.5. The van der Waals surface area contributed by atoms with Crippen LogP contribution in [0.2, 0.25) is 0 Å². The fourth-order valence-electron chi connectivity index (χ4n) is 11.8. The number of carbonyl (C=O) groups excluding carboxylic acids is 2. The van der Waals surface area contributed by atoms with Crippen molar-refractivity contribution in [3.8, 4) is 0 Å². The van der Waals surface area contributed by atoms with E-state index in [0.29, 0.717) is 19.4 Å². The molecule has 0 aromatic heterocycles. The molecular weight excluding hydrogens is 1030 g/mol. The molecule has 2 atom stereocenters. The van der Waals surface area contributed by atoms with Gasteiger partial charge in [0, 0.05) is 12.8 Å². The van der Waals surface area contributed by atoms with Crippen LogP contribution in [-0.2, 0) is 14.3 Å². The highest BCUT2D eigenvalue weighted by molar-refractivity contribution is 5.76. The van der Waals surface area contributed by atoms with Gasteiger partial charge in [-0.15, -0.1) is 0 Å². The first kappa shape index (κ1) is 81.8. The molecule has 494 valence electrons. The molecule has 84 heavy (non-hydrogen) atoms. The summed E-state index contributed by atoms with van der Waals surface area (Å²) in [5, 5.41) is 23.3. The van der Waals surface area contributed by atoms with Crippen LogP contribution in [0.15, 0.2) is 48.6 Å². The average molecular weight is 1180 g/mol. The van der Waals surface area contributed by atoms with Gasteiger partial charge in [0.2, 0.25) is 5.91 Å². The molecule has 0 rings (SSSR count). The van der Waals surface area contributed by atoms with Crippen molar-refractivity contribution in [3.63, 3.8) is 0 Å². The van der Waals surface area contributed by atoms with Gasteiger partial charge in [-0.2, -0.15) is 0 Å². The lowest BCUT2D eigenvalue weighted by molar-refractivity contribution is -0.143. The van der Waals surface area contributed by atoms with Crippen molar-refractivity contribution < 1.29 is 24.5 Å². The van der Waals surface area contributed by atoms with Crippen molar-refractivity contribution >= 4 is 11.9 Å². The number of aliphatic hydroxyl groups excluding tert-OH is 2. The molecule has 0 fully saturated rings. The number of ether oxygens (including phenoxy) is 1. The number of nitrogens with one attached hydrogen (secondary N) is 1. The molecule has 6 heteroatoms. The Morgan fingerprint density at radius 3 is 0.940 bits per heavy atom. The Bertz CT molecular complexity index is 1400. The van der Waals surface area contributed by atoms with E-state index in [1.54, 1.807) is 6.08 Å². The standard InChI is InChI=1S/C78H147NO5/c1-3-5-7-9-11-13-15-17-19-21-23-31-35-38-42-46-50-54-58-62-66-70-76(81)75(74-80)79-77(82)71-67-63-59-55-51-47-43-39-36-32-29-27-25-24-26-28-30-33-37-41-45-49-53-57-61-65-69-73-84-78(83)72-68-64-60-56-52-48-44-40-34-22-20-18-16-14-12-10-8-6-4-2/h12,14,18,20,24-25,66,70,75-76,80-81H,3-11,13,15-17,19,21-23,26-65,67-69,71-74H2,1-2H3,(H,79,82)/b14-12-,20-18-,25-24-,70-66+. The van der Waals surface area contributed by atoms with Crippen molar-refractivity contribution in [1.29, 1.82) is 0 Å². The summed E-state index contributed by atoms with van der Waals surface area (Å²) in [6.07, 6.45) is 96.3. The molecule has 6 nitrogen and oxygen atoms in total. The second-order valence-corrected chi connectivity index (χ2v) is 26.0. The average Bonchev–Trinajstić information content (AvgIpc) is 3.51. The van der Waals surface area contributed by atoms with Crippen LogP contribution in [0.5, 0.6) is 0 Å². The van der Waals surface area contributed by atoms with E-state index in [-0.39, 0.29) is 18.5 Å². The molecule has 2 unspecified atom stereocenters. The molecule has 0 aromatic rings. The van der Waals surface area contributed by atoms with Gasteiger partial charge in [0.05, 0.1) is 25.4 Å². The van der Waals surface area contributed by atoms with Crippen molar-refractivity contribution in [3.05, 3.63) is 48.6 Å². The number of hydrogen-bond acceptors (Lipinski definition) is 5. The zero-order valence-corrected chi connectivity index (χ0v) is 56.6. The molecule has 0 aliphatic carbocycles. The molecule has 0 spiro atoms. The Hall–Kier alpha value is -2.18. The lowest BCUT2D eigenvalue weighted by atomic mass is 10.0. The van der Waals surface area contributed by atoms with Gasteiger partial charge < -0.3 is 20.3 Å². The predicted octanol–water partition coefficient (Wildman–Crippen LogP) is 24.8. The minimum atomic E-state index is -0.847. The minimum absolute atomic E-state index is 0.0114. The van der Waals surface area contributed by atoms with Crippen molar-refractivity contribution in [1.82, 2.24) is 5.32 Å². The fourth-order valence-corrected chi connectivity index (χ4v) is 11.8. The first-order chi connectivity index (χ1) is 41.5. The Balaban J connectivity index is 3.40. The van der Waals surface area contributed by atoms with E-state index in [9.17, 15) is 19.8 Å². The molecule has 0 aliphatic rings. The Kier molecular flexibility index (Phi) is 71.4. The molecule has 0 radical (unpaired) electrons. The number of rotatable bonds is 71. The van der Waals surface area contributed by atoms with Crippen LogP contribution in [0.25, 0.3) is 0 Å². The van der Waals surface area contributed by atoms with Crippen molar-refractivity contribution in [2.45, 2.75) is 424 Å². The molecule has 0 saturated heterocycles. The van der Waals surface area contributed by atoms with E-state index in [1.807, 2.05) is 6.08 Å². The number of esters is 1. The Morgan fingerprint density at radius 1 is 0.333 bits per heavy atom. The summed E-state index contributed by atoms with van der Waals surface area (Å²) in [6, 6.07) is -0.630. The first-order valence-corrected chi connectivity index (χ1v) is 37.9.